The number of nitrogens with zero attached hydrogens (tertiary/aromatic N) is 1. The molecule has 5 heteroatoms. The van der Waals surface area contributed by atoms with E-state index in [2.05, 4.69) is 52.2 Å². The Bertz CT molecular complexity index is 495. The highest BCUT2D eigenvalue weighted by Gasteiger charge is 2.23. The van der Waals surface area contributed by atoms with Crippen LogP contribution >= 0.6 is 15.9 Å². The van der Waals surface area contributed by atoms with Crippen LogP contribution in [0.3, 0.4) is 0 Å². The lowest BCUT2D eigenvalue weighted by atomic mass is 9.92. The van der Waals surface area contributed by atoms with Crippen molar-refractivity contribution in [2.24, 2.45) is 11.8 Å². The first-order valence-electron chi connectivity index (χ1n) is 8.43. The Balaban J connectivity index is 1.70. The van der Waals surface area contributed by atoms with Gasteiger partial charge in [0.15, 0.2) is 0 Å². The quantitative estimate of drug-likeness (QED) is 0.793. The molecule has 1 saturated heterocycles. The van der Waals surface area contributed by atoms with Gasteiger partial charge in [0, 0.05) is 35.8 Å². The van der Waals surface area contributed by atoms with Crippen molar-refractivity contribution in [3.8, 4) is 0 Å². The summed E-state index contributed by atoms with van der Waals surface area (Å²) in [6, 6.07) is 8.00. The third-order valence-corrected chi connectivity index (χ3v) is 4.71. The van der Waals surface area contributed by atoms with Crippen molar-refractivity contribution < 1.29 is 4.79 Å². The fourth-order valence-corrected chi connectivity index (χ4v) is 3.71. The third-order valence-electron chi connectivity index (χ3n) is 4.18. The molecule has 128 valence electrons. The number of carbonyl (C=O) groups excluding carboxylic acids is 1. The Morgan fingerprint density at radius 2 is 1.87 bits per heavy atom. The van der Waals surface area contributed by atoms with Gasteiger partial charge in [0.2, 0.25) is 5.91 Å². The summed E-state index contributed by atoms with van der Waals surface area (Å²) in [7, 11) is 0. The number of anilines is 1. The molecule has 1 heterocycles. The van der Waals surface area contributed by atoms with Crippen molar-refractivity contribution in [2.45, 2.75) is 33.2 Å². The van der Waals surface area contributed by atoms with Crippen molar-refractivity contribution in [2.75, 3.05) is 31.5 Å². The van der Waals surface area contributed by atoms with E-state index in [0.717, 1.165) is 41.6 Å². The molecule has 0 aromatic heterocycles. The number of benzene rings is 1. The van der Waals surface area contributed by atoms with Crippen LogP contribution in [-0.4, -0.2) is 43.0 Å². The van der Waals surface area contributed by atoms with E-state index in [1.807, 2.05) is 24.3 Å². The minimum absolute atomic E-state index is 0.0403. The molecule has 0 radical (unpaired) electrons. The van der Waals surface area contributed by atoms with E-state index in [4.69, 9.17) is 0 Å². The van der Waals surface area contributed by atoms with Gasteiger partial charge in [-0.05, 0) is 49.4 Å². The molecule has 0 aliphatic carbocycles. The molecule has 3 atom stereocenters. The Kier molecular flexibility index (Phi) is 6.90. The average molecular weight is 382 g/mol. The van der Waals surface area contributed by atoms with Crippen molar-refractivity contribution in [3.63, 3.8) is 0 Å². The van der Waals surface area contributed by atoms with Gasteiger partial charge in [-0.3, -0.25) is 4.79 Å². The Morgan fingerprint density at radius 1 is 1.26 bits per heavy atom. The maximum Gasteiger partial charge on any atom is 0.239 e. The van der Waals surface area contributed by atoms with E-state index in [-0.39, 0.29) is 11.9 Å². The molecule has 1 aromatic rings. The first-order chi connectivity index (χ1) is 10.9. The lowest BCUT2D eigenvalue weighted by molar-refractivity contribution is -0.120. The summed E-state index contributed by atoms with van der Waals surface area (Å²) < 4.78 is 1.03. The zero-order chi connectivity index (χ0) is 16.8. The van der Waals surface area contributed by atoms with Crippen LogP contribution in [0.25, 0.3) is 0 Å². The fraction of sp³-hybridized carbons (Fsp3) is 0.611. The highest BCUT2D eigenvalue weighted by Crippen LogP contribution is 2.20. The molecular weight excluding hydrogens is 354 g/mol. The first-order valence-corrected chi connectivity index (χ1v) is 9.23. The van der Waals surface area contributed by atoms with E-state index in [0.29, 0.717) is 6.54 Å². The largest absolute Gasteiger partial charge is 0.376 e. The summed E-state index contributed by atoms with van der Waals surface area (Å²) in [5, 5.41) is 6.23. The molecule has 0 spiro atoms. The van der Waals surface area contributed by atoms with Crippen molar-refractivity contribution in [3.05, 3.63) is 28.7 Å². The molecule has 4 nitrogen and oxygen atoms in total. The van der Waals surface area contributed by atoms with E-state index in [9.17, 15) is 4.79 Å². The van der Waals surface area contributed by atoms with Gasteiger partial charge in [0.25, 0.3) is 0 Å². The molecule has 0 saturated carbocycles. The predicted molar refractivity (Wildman–Crippen MR) is 99.6 cm³/mol. The van der Waals surface area contributed by atoms with Crippen molar-refractivity contribution >= 4 is 27.5 Å². The van der Waals surface area contributed by atoms with Crippen molar-refractivity contribution in [1.29, 1.82) is 0 Å². The summed E-state index contributed by atoms with van der Waals surface area (Å²) in [6.45, 7) is 10.2. The summed E-state index contributed by atoms with van der Waals surface area (Å²) >= 11 is 3.40. The van der Waals surface area contributed by atoms with Crippen LogP contribution in [0.5, 0.6) is 0 Å². The number of hydrogen-bond donors (Lipinski definition) is 2. The standard InChI is InChI=1S/C18H28BrN3O/c1-13-8-14(2)11-22(10-13)12-15(3)21-18(23)9-20-17-6-4-16(19)5-7-17/h4-7,13-15,20H,8-12H2,1-3H3,(H,21,23)/t13-,14-,15+/m1/s1. The fourth-order valence-electron chi connectivity index (χ4n) is 3.45. The smallest absolute Gasteiger partial charge is 0.239 e. The minimum atomic E-state index is 0.0403. The summed E-state index contributed by atoms with van der Waals surface area (Å²) in [5.41, 5.74) is 0.953. The van der Waals surface area contributed by atoms with Gasteiger partial charge in [-0.15, -0.1) is 0 Å². The lowest BCUT2D eigenvalue weighted by Crippen LogP contribution is -2.47. The van der Waals surface area contributed by atoms with Crippen LogP contribution in [0, 0.1) is 11.8 Å². The van der Waals surface area contributed by atoms with Gasteiger partial charge < -0.3 is 15.5 Å². The molecular formula is C18H28BrN3O. The van der Waals surface area contributed by atoms with Gasteiger partial charge >= 0.3 is 0 Å². The number of rotatable bonds is 6. The minimum Gasteiger partial charge on any atom is -0.376 e. The second-order valence-electron chi connectivity index (χ2n) is 6.99. The molecule has 1 fully saturated rings. The molecule has 1 aliphatic rings. The first kappa shape index (κ1) is 18.3. The van der Waals surface area contributed by atoms with Crippen LogP contribution in [0.15, 0.2) is 28.7 Å². The Labute approximate surface area is 148 Å². The number of carbonyl (C=O) groups is 1. The number of likely N-dealkylation sites (tertiary alicyclic amines) is 1. The predicted octanol–water partition coefficient (Wildman–Crippen LogP) is 3.34. The summed E-state index contributed by atoms with van der Waals surface area (Å²) in [5.74, 6) is 1.54. The number of hydrogen-bond acceptors (Lipinski definition) is 3. The van der Waals surface area contributed by atoms with Gasteiger partial charge in [0.1, 0.15) is 0 Å². The maximum atomic E-state index is 12.1. The topological polar surface area (TPSA) is 44.4 Å². The number of piperidine rings is 1. The third kappa shape index (κ3) is 6.51. The van der Waals surface area contributed by atoms with E-state index in [1.165, 1.54) is 6.42 Å². The normalized spacial score (nSPS) is 23.3. The SMILES string of the molecule is C[C@@H]1C[C@@H](C)CN(C[C@H](C)NC(=O)CNc2ccc(Br)cc2)C1. The van der Waals surface area contributed by atoms with Crippen LogP contribution < -0.4 is 10.6 Å². The number of halogens is 1. The second kappa shape index (κ2) is 8.69. The van der Waals surface area contributed by atoms with Gasteiger partial charge in [-0.25, -0.2) is 0 Å². The average Bonchev–Trinajstić information content (AvgIpc) is 2.45. The van der Waals surface area contributed by atoms with Crippen LogP contribution in [0.4, 0.5) is 5.69 Å². The van der Waals surface area contributed by atoms with E-state index in [1.54, 1.807) is 0 Å². The molecule has 2 N–H and O–H groups in total. The van der Waals surface area contributed by atoms with Gasteiger partial charge in [-0.1, -0.05) is 29.8 Å². The summed E-state index contributed by atoms with van der Waals surface area (Å²) in [4.78, 5) is 14.5. The van der Waals surface area contributed by atoms with E-state index < -0.39 is 0 Å². The van der Waals surface area contributed by atoms with Crippen LogP contribution in [-0.2, 0) is 4.79 Å². The molecule has 0 unspecified atom stereocenters. The van der Waals surface area contributed by atoms with Crippen LogP contribution in [0.1, 0.15) is 27.2 Å². The van der Waals surface area contributed by atoms with Gasteiger partial charge in [-0.2, -0.15) is 0 Å². The van der Waals surface area contributed by atoms with Crippen LogP contribution in [0.2, 0.25) is 0 Å². The van der Waals surface area contributed by atoms with E-state index >= 15 is 0 Å². The van der Waals surface area contributed by atoms with Gasteiger partial charge in [0.05, 0.1) is 6.54 Å². The molecule has 2 rings (SSSR count). The second-order valence-corrected chi connectivity index (χ2v) is 7.91. The molecule has 1 amide bonds. The number of amides is 1. The van der Waals surface area contributed by atoms with Crippen molar-refractivity contribution in [1.82, 2.24) is 10.2 Å². The summed E-state index contributed by atoms with van der Waals surface area (Å²) in [6.07, 6.45) is 1.31. The lowest BCUT2D eigenvalue weighted by Gasteiger charge is -2.36. The monoisotopic (exact) mass is 381 g/mol. The highest BCUT2D eigenvalue weighted by molar-refractivity contribution is 9.10. The molecule has 1 aromatic carbocycles. The number of nitrogens with one attached hydrogen (secondary N) is 2. The molecule has 23 heavy (non-hydrogen) atoms. The zero-order valence-corrected chi connectivity index (χ0v) is 15.9. The highest BCUT2D eigenvalue weighted by atomic mass is 79.9. The maximum absolute atomic E-state index is 12.1. The Hall–Kier alpha value is -1.07. The molecule has 0 bridgehead atoms. The zero-order valence-electron chi connectivity index (χ0n) is 14.3. The Morgan fingerprint density at radius 3 is 2.48 bits per heavy atom. The molecule has 1 aliphatic heterocycles.